The minimum atomic E-state index is -0.516. The molecule has 2 rings (SSSR count). The van der Waals surface area contributed by atoms with Gasteiger partial charge in [0.1, 0.15) is 11.4 Å². The van der Waals surface area contributed by atoms with E-state index in [-0.39, 0.29) is 11.9 Å². The highest BCUT2D eigenvalue weighted by atomic mass is 19.1. The van der Waals surface area contributed by atoms with Crippen LogP contribution < -0.4 is 0 Å². The van der Waals surface area contributed by atoms with Crippen LogP contribution in [0.4, 0.5) is 9.18 Å². The van der Waals surface area contributed by atoms with Crippen molar-refractivity contribution < 1.29 is 13.9 Å². The van der Waals surface area contributed by atoms with E-state index in [2.05, 4.69) is 0 Å². The smallest absolute Gasteiger partial charge is 0.411 e. The molecule has 1 saturated heterocycles. The third kappa shape index (κ3) is 3.55. The third-order valence-corrected chi connectivity index (χ3v) is 3.97. The normalized spacial score (nSPS) is 23.0. The van der Waals surface area contributed by atoms with Gasteiger partial charge in [-0.1, -0.05) is 12.1 Å². The van der Waals surface area contributed by atoms with Gasteiger partial charge in [0.25, 0.3) is 0 Å². The number of hydrogen-bond donors (Lipinski definition) is 0. The molecule has 1 aliphatic rings. The Morgan fingerprint density at radius 3 is 2.43 bits per heavy atom. The van der Waals surface area contributed by atoms with Crippen molar-refractivity contribution in [3.05, 3.63) is 35.6 Å². The average Bonchev–Trinajstić information content (AvgIpc) is 2.37. The van der Waals surface area contributed by atoms with Crippen LogP contribution in [0.5, 0.6) is 0 Å². The van der Waals surface area contributed by atoms with Gasteiger partial charge in [-0.3, -0.25) is 4.90 Å². The van der Waals surface area contributed by atoms with Crippen LogP contribution >= 0.6 is 0 Å². The molecule has 0 aromatic heterocycles. The molecule has 0 saturated carbocycles. The zero-order valence-electron chi connectivity index (χ0n) is 13.3. The average molecular weight is 293 g/mol. The van der Waals surface area contributed by atoms with Gasteiger partial charge in [-0.25, -0.2) is 9.18 Å². The van der Waals surface area contributed by atoms with Crippen LogP contribution in [0, 0.1) is 5.82 Å². The number of carbonyl (C=O) groups excluding carboxylic acids is 1. The lowest BCUT2D eigenvalue weighted by Gasteiger charge is -2.45. The van der Waals surface area contributed by atoms with Crippen LogP contribution in [-0.2, 0) is 10.3 Å². The van der Waals surface area contributed by atoms with Gasteiger partial charge in [-0.2, -0.15) is 0 Å². The van der Waals surface area contributed by atoms with Gasteiger partial charge in [0.05, 0.1) is 5.54 Å². The first kappa shape index (κ1) is 15.8. The third-order valence-electron chi connectivity index (χ3n) is 3.97. The minimum Gasteiger partial charge on any atom is -0.444 e. The molecule has 4 heteroatoms. The number of carbonyl (C=O) groups is 1. The summed E-state index contributed by atoms with van der Waals surface area (Å²) in [6.45, 7) is 8.30. The van der Waals surface area contributed by atoms with Crippen LogP contribution in [0.2, 0.25) is 0 Å². The van der Waals surface area contributed by atoms with Crippen LogP contribution in [0.25, 0.3) is 0 Å². The fourth-order valence-corrected chi connectivity index (χ4v) is 2.84. The maximum atomic E-state index is 13.2. The monoisotopic (exact) mass is 293 g/mol. The molecular formula is C17H24FNO2. The second-order valence-electron chi connectivity index (χ2n) is 6.87. The van der Waals surface area contributed by atoms with E-state index < -0.39 is 11.1 Å². The maximum Gasteiger partial charge on any atom is 0.411 e. The Bertz CT molecular complexity index is 507. The number of benzene rings is 1. The summed E-state index contributed by atoms with van der Waals surface area (Å²) >= 11 is 0. The first-order valence-corrected chi connectivity index (χ1v) is 7.49. The Labute approximate surface area is 126 Å². The molecule has 1 fully saturated rings. The predicted molar refractivity (Wildman–Crippen MR) is 80.5 cm³/mol. The molecule has 3 nitrogen and oxygen atoms in total. The standard InChI is InChI=1S/C17H24FNO2/c1-16(2,3)21-15(20)19-12-6-5-11-17(19,4)13-7-9-14(18)10-8-13/h7-10H,5-6,11-12H2,1-4H3. The molecule has 1 aromatic rings. The van der Waals surface area contributed by atoms with Gasteiger partial charge >= 0.3 is 6.09 Å². The molecule has 1 aromatic carbocycles. The highest BCUT2D eigenvalue weighted by Crippen LogP contribution is 2.38. The summed E-state index contributed by atoms with van der Waals surface area (Å²) in [7, 11) is 0. The van der Waals surface area contributed by atoms with Gasteiger partial charge in [0.15, 0.2) is 0 Å². The Kier molecular flexibility index (Phi) is 4.26. The largest absolute Gasteiger partial charge is 0.444 e. The topological polar surface area (TPSA) is 29.5 Å². The van der Waals surface area contributed by atoms with Crippen molar-refractivity contribution in [1.82, 2.24) is 4.90 Å². The summed E-state index contributed by atoms with van der Waals surface area (Å²) in [4.78, 5) is 14.3. The van der Waals surface area contributed by atoms with E-state index in [4.69, 9.17) is 4.74 Å². The van der Waals surface area contributed by atoms with Crippen molar-refractivity contribution >= 4 is 6.09 Å². The zero-order chi connectivity index (χ0) is 15.7. The SMILES string of the molecule is CC(C)(C)OC(=O)N1CCCCC1(C)c1ccc(F)cc1. The highest BCUT2D eigenvalue weighted by Gasteiger charge is 2.40. The Hall–Kier alpha value is -1.58. The number of halogens is 1. The van der Waals surface area contributed by atoms with E-state index in [1.807, 2.05) is 27.7 Å². The van der Waals surface area contributed by atoms with E-state index >= 15 is 0 Å². The van der Waals surface area contributed by atoms with Gasteiger partial charge in [0.2, 0.25) is 0 Å². The Morgan fingerprint density at radius 2 is 1.86 bits per heavy atom. The number of piperidine rings is 1. The Morgan fingerprint density at radius 1 is 1.24 bits per heavy atom. The fraction of sp³-hybridized carbons (Fsp3) is 0.588. The molecule has 0 N–H and O–H groups in total. The summed E-state index contributed by atoms with van der Waals surface area (Å²) in [5.41, 5.74) is 0.00134. The first-order valence-electron chi connectivity index (χ1n) is 7.49. The van der Waals surface area contributed by atoms with Crippen LogP contribution in [-0.4, -0.2) is 23.1 Å². The second-order valence-corrected chi connectivity index (χ2v) is 6.87. The van der Waals surface area contributed by atoms with Crippen molar-refractivity contribution in [2.75, 3.05) is 6.54 Å². The van der Waals surface area contributed by atoms with Crippen LogP contribution in [0.3, 0.4) is 0 Å². The van der Waals surface area contributed by atoms with E-state index in [0.717, 1.165) is 24.8 Å². The van der Waals surface area contributed by atoms with Crippen molar-refractivity contribution in [3.63, 3.8) is 0 Å². The molecule has 0 bridgehead atoms. The van der Waals surface area contributed by atoms with E-state index in [9.17, 15) is 9.18 Å². The number of amides is 1. The van der Waals surface area contributed by atoms with Crippen molar-refractivity contribution in [2.45, 2.75) is 58.1 Å². The van der Waals surface area contributed by atoms with E-state index in [1.165, 1.54) is 12.1 Å². The summed E-state index contributed by atoms with van der Waals surface area (Å²) in [6, 6.07) is 6.42. The quantitative estimate of drug-likeness (QED) is 0.765. The fourth-order valence-electron chi connectivity index (χ4n) is 2.84. The van der Waals surface area contributed by atoms with Gasteiger partial charge in [-0.05, 0) is 64.7 Å². The molecule has 0 spiro atoms. The molecule has 0 aliphatic carbocycles. The molecule has 1 unspecified atom stereocenters. The predicted octanol–water partition coefficient (Wildman–Crippen LogP) is 4.46. The molecule has 116 valence electrons. The lowest BCUT2D eigenvalue weighted by molar-refractivity contribution is -0.0125. The summed E-state index contributed by atoms with van der Waals surface area (Å²) in [5, 5.41) is 0. The zero-order valence-corrected chi connectivity index (χ0v) is 13.3. The number of hydrogen-bond acceptors (Lipinski definition) is 2. The number of rotatable bonds is 1. The van der Waals surface area contributed by atoms with Crippen LogP contribution in [0.15, 0.2) is 24.3 Å². The number of nitrogens with zero attached hydrogens (tertiary/aromatic N) is 1. The summed E-state index contributed by atoms with van der Waals surface area (Å²) in [5.74, 6) is -0.262. The van der Waals surface area contributed by atoms with Gasteiger partial charge < -0.3 is 4.74 Å². The lowest BCUT2D eigenvalue weighted by Crippen LogP contribution is -2.52. The molecule has 1 amide bonds. The Balaban J connectivity index is 2.29. The van der Waals surface area contributed by atoms with Crippen LogP contribution in [0.1, 0.15) is 52.5 Å². The van der Waals surface area contributed by atoms with Crippen molar-refractivity contribution in [1.29, 1.82) is 0 Å². The molecule has 21 heavy (non-hydrogen) atoms. The van der Waals surface area contributed by atoms with E-state index in [1.54, 1.807) is 17.0 Å². The molecule has 1 heterocycles. The van der Waals surface area contributed by atoms with Crippen molar-refractivity contribution in [2.24, 2.45) is 0 Å². The number of ether oxygens (including phenoxy) is 1. The van der Waals surface area contributed by atoms with E-state index in [0.29, 0.717) is 6.54 Å². The molecule has 1 aliphatic heterocycles. The minimum absolute atomic E-state index is 0.262. The highest BCUT2D eigenvalue weighted by molar-refractivity contribution is 5.69. The summed E-state index contributed by atoms with van der Waals surface area (Å²) < 4.78 is 18.7. The summed E-state index contributed by atoms with van der Waals surface area (Å²) in [6.07, 6.45) is 2.58. The molecule has 1 atom stereocenters. The van der Waals surface area contributed by atoms with Gasteiger partial charge in [0, 0.05) is 6.54 Å². The van der Waals surface area contributed by atoms with Crippen molar-refractivity contribution in [3.8, 4) is 0 Å². The first-order chi connectivity index (χ1) is 9.72. The van der Waals surface area contributed by atoms with Gasteiger partial charge in [-0.15, -0.1) is 0 Å². The number of likely N-dealkylation sites (tertiary alicyclic amines) is 1. The second kappa shape index (κ2) is 5.66. The molecule has 0 radical (unpaired) electrons. The maximum absolute atomic E-state index is 13.2. The molecular weight excluding hydrogens is 269 g/mol. The lowest BCUT2D eigenvalue weighted by atomic mass is 9.82.